The minimum Gasteiger partial charge on any atom is -0.324 e. The molecule has 4 aromatic rings. The van der Waals surface area contributed by atoms with Crippen molar-refractivity contribution in [2.75, 3.05) is 0 Å². The Hall–Kier alpha value is -2.38. The zero-order chi connectivity index (χ0) is 18.6. The third kappa shape index (κ3) is 2.77. The molecule has 0 atom stereocenters. The van der Waals surface area contributed by atoms with Crippen LogP contribution in [0.5, 0.6) is 0 Å². The van der Waals surface area contributed by atoms with E-state index < -0.39 is 11.9 Å². The fraction of sp³-hybridized carbons (Fsp3) is 0.118. The Labute approximate surface area is 155 Å². The molecule has 0 aliphatic carbocycles. The van der Waals surface area contributed by atoms with Gasteiger partial charge in [-0.2, -0.15) is 13.2 Å². The molecule has 0 saturated carbocycles. The molecule has 4 rings (SSSR count). The maximum Gasteiger partial charge on any atom is 0.433 e. The molecule has 0 spiro atoms. The van der Waals surface area contributed by atoms with Crippen LogP contribution in [-0.2, 0) is 13.2 Å². The van der Waals surface area contributed by atoms with Gasteiger partial charge in [0.2, 0.25) is 0 Å². The van der Waals surface area contributed by atoms with E-state index in [0.29, 0.717) is 32.6 Å². The van der Waals surface area contributed by atoms with Gasteiger partial charge < -0.3 is 4.57 Å². The Bertz CT molecular complexity index is 1170. The highest BCUT2D eigenvalue weighted by Gasteiger charge is 2.33. The predicted octanol–water partition coefficient (Wildman–Crippen LogP) is 5.51. The number of hydrogen-bond acceptors (Lipinski definition) is 3. The van der Waals surface area contributed by atoms with Gasteiger partial charge in [-0.3, -0.25) is 0 Å². The monoisotopic (exact) mass is 396 g/mol. The van der Waals surface area contributed by atoms with Crippen LogP contribution in [-0.4, -0.2) is 19.5 Å². The summed E-state index contributed by atoms with van der Waals surface area (Å²) in [7, 11) is 1.67. The number of aromatic nitrogens is 4. The summed E-state index contributed by atoms with van der Waals surface area (Å²) in [5.74, 6) is 0.350. The lowest BCUT2D eigenvalue weighted by Gasteiger charge is -2.07. The zero-order valence-corrected chi connectivity index (χ0v) is 14.7. The van der Waals surface area contributed by atoms with Gasteiger partial charge in [0, 0.05) is 17.5 Å². The number of halogens is 5. The Kier molecular flexibility index (Phi) is 3.82. The van der Waals surface area contributed by atoms with E-state index in [9.17, 15) is 13.2 Å². The van der Waals surface area contributed by atoms with Gasteiger partial charge in [-0.1, -0.05) is 23.2 Å². The molecule has 26 heavy (non-hydrogen) atoms. The molecule has 1 aromatic carbocycles. The number of benzene rings is 1. The SMILES string of the molecule is Cn1c(-c2nc3ccc(Cl)cc3cc2Cl)nc2cc(C(F)(F)F)ncc21. The smallest absolute Gasteiger partial charge is 0.324 e. The fourth-order valence-electron chi connectivity index (χ4n) is 2.73. The largest absolute Gasteiger partial charge is 0.433 e. The topological polar surface area (TPSA) is 43.6 Å². The van der Waals surface area contributed by atoms with Crippen molar-refractivity contribution in [3.8, 4) is 11.5 Å². The van der Waals surface area contributed by atoms with E-state index in [4.69, 9.17) is 23.2 Å². The zero-order valence-electron chi connectivity index (χ0n) is 13.1. The minimum atomic E-state index is -4.54. The van der Waals surface area contributed by atoms with Crippen LogP contribution >= 0.6 is 23.2 Å². The molecule has 0 bridgehead atoms. The van der Waals surface area contributed by atoms with Crippen molar-refractivity contribution < 1.29 is 13.2 Å². The average molecular weight is 397 g/mol. The fourth-order valence-corrected chi connectivity index (χ4v) is 3.16. The molecule has 132 valence electrons. The summed E-state index contributed by atoms with van der Waals surface area (Å²) in [4.78, 5) is 12.3. The second kappa shape index (κ2) is 5.82. The van der Waals surface area contributed by atoms with Gasteiger partial charge >= 0.3 is 6.18 Å². The molecule has 0 radical (unpaired) electrons. The number of hydrogen-bond donors (Lipinski definition) is 0. The average Bonchev–Trinajstić information content (AvgIpc) is 2.89. The van der Waals surface area contributed by atoms with Crippen molar-refractivity contribution in [3.05, 3.63) is 52.3 Å². The first-order chi connectivity index (χ1) is 12.2. The lowest BCUT2D eigenvalue weighted by molar-refractivity contribution is -0.141. The van der Waals surface area contributed by atoms with Crippen molar-refractivity contribution in [2.45, 2.75) is 6.18 Å². The van der Waals surface area contributed by atoms with Gasteiger partial charge in [0.25, 0.3) is 0 Å². The number of alkyl halides is 3. The molecule has 0 aliphatic rings. The van der Waals surface area contributed by atoms with Crippen molar-refractivity contribution >= 4 is 45.1 Å². The Balaban J connectivity index is 1.94. The summed E-state index contributed by atoms with van der Waals surface area (Å²) in [6, 6.07) is 7.78. The lowest BCUT2D eigenvalue weighted by atomic mass is 10.2. The van der Waals surface area contributed by atoms with Crippen LogP contribution < -0.4 is 0 Å². The number of imidazole rings is 1. The second-order valence-corrected chi connectivity index (χ2v) is 6.55. The van der Waals surface area contributed by atoms with Gasteiger partial charge in [0.05, 0.1) is 27.8 Å². The van der Waals surface area contributed by atoms with Crippen LogP contribution in [0.1, 0.15) is 5.69 Å². The Morgan fingerprint density at radius 2 is 1.77 bits per heavy atom. The number of aryl methyl sites for hydroxylation is 1. The van der Waals surface area contributed by atoms with Gasteiger partial charge in [-0.25, -0.2) is 15.0 Å². The quantitative estimate of drug-likeness (QED) is 0.426. The van der Waals surface area contributed by atoms with Crippen LogP contribution in [0.3, 0.4) is 0 Å². The summed E-state index contributed by atoms with van der Waals surface area (Å²) in [5, 5.41) is 1.63. The van der Waals surface area contributed by atoms with E-state index in [0.717, 1.165) is 17.6 Å². The molecule has 3 heterocycles. The first-order valence-electron chi connectivity index (χ1n) is 7.40. The van der Waals surface area contributed by atoms with Crippen LogP contribution in [0.4, 0.5) is 13.2 Å². The van der Waals surface area contributed by atoms with E-state index >= 15 is 0 Å². The number of nitrogens with zero attached hydrogens (tertiary/aromatic N) is 4. The summed E-state index contributed by atoms with van der Waals surface area (Å²) in [5.41, 5.74) is 0.631. The molecule has 4 nitrogen and oxygen atoms in total. The van der Waals surface area contributed by atoms with E-state index in [-0.39, 0.29) is 5.52 Å². The predicted molar refractivity (Wildman–Crippen MR) is 94.3 cm³/mol. The van der Waals surface area contributed by atoms with Crippen molar-refractivity contribution in [1.29, 1.82) is 0 Å². The van der Waals surface area contributed by atoms with Crippen LogP contribution in [0.25, 0.3) is 33.5 Å². The number of fused-ring (bicyclic) bond motifs is 2. The van der Waals surface area contributed by atoms with Crippen molar-refractivity contribution in [3.63, 3.8) is 0 Å². The maximum atomic E-state index is 12.9. The molecule has 3 aromatic heterocycles. The first kappa shape index (κ1) is 17.1. The number of rotatable bonds is 1. The minimum absolute atomic E-state index is 0.166. The highest BCUT2D eigenvalue weighted by molar-refractivity contribution is 6.34. The Morgan fingerprint density at radius 3 is 2.50 bits per heavy atom. The van der Waals surface area contributed by atoms with Gasteiger partial charge in [0.1, 0.15) is 11.4 Å². The van der Waals surface area contributed by atoms with E-state index in [1.165, 1.54) is 0 Å². The second-order valence-electron chi connectivity index (χ2n) is 5.71. The first-order valence-corrected chi connectivity index (χ1v) is 8.15. The number of pyridine rings is 2. The van der Waals surface area contributed by atoms with Crippen LogP contribution in [0.15, 0.2) is 36.5 Å². The normalized spacial score (nSPS) is 12.2. The maximum absolute atomic E-state index is 12.9. The van der Waals surface area contributed by atoms with Crippen molar-refractivity contribution in [2.24, 2.45) is 7.05 Å². The van der Waals surface area contributed by atoms with Gasteiger partial charge in [0.15, 0.2) is 5.82 Å². The van der Waals surface area contributed by atoms with E-state index in [2.05, 4.69) is 15.0 Å². The summed E-state index contributed by atoms with van der Waals surface area (Å²) >= 11 is 12.3. The summed E-state index contributed by atoms with van der Waals surface area (Å²) in [6.07, 6.45) is -3.40. The molecular formula is C17H9Cl2F3N4. The van der Waals surface area contributed by atoms with E-state index in [1.54, 1.807) is 35.9 Å². The highest BCUT2D eigenvalue weighted by Crippen LogP contribution is 2.33. The van der Waals surface area contributed by atoms with Gasteiger partial charge in [-0.05, 0) is 30.3 Å². The third-order valence-corrected chi connectivity index (χ3v) is 4.52. The molecule has 0 aliphatic heterocycles. The molecule has 0 fully saturated rings. The van der Waals surface area contributed by atoms with Crippen LogP contribution in [0, 0.1) is 0 Å². The molecule has 9 heteroatoms. The molecule has 0 amide bonds. The lowest BCUT2D eigenvalue weighted by Crippen LogP contribution is -2.07. The highest BCUT2D eigenvalue weighted by atomic mass is 35.5. The van der Waals surface area contributed by atoms with Crippen molar-refractivity contribution in [1.82, 2.24) is 19.5 Å². The van der Waals surface area contributed by atoms with Crippen LogP contribution in [0.2, 0.25) is 10.0 Å². The van der Waals surface area contributed by atoms with E-state index in [1.807, 2.05) is 0 Å². The Morgan fingerprint density at radius 1 is 1.00 bits per heavy atom. The third-order valence-electron chi connectivity index (χ3n) is 4.00. The standard InChI is InChI=1S/C17H9Cl2F3N4/c1-26-13-7-23-14(17(20,21)22)6-12(13)25-16(26)15-10(19)5-8-4-9(18)2-3-11(8)24-15/h2-7H,1H3. The molecule has 0 saturated heterocycles. The molecule has 0 unspecified atom stereocenters. The molecular weight excluding hydrogens is 388 g/mol. The molecule has 0 N–H and O–H groups in total. The summed E-state index contributed by atoms with van der Waals surface area (Å²) in [6.45, 7) is 0. The van der Waals surface area contributed by atoms with Gasteiger partial charge in [-0.15, -0.1) is 0 Å². The summed E-state index contributed by atoms with van der Waals surface area (Å²) < 4.78 is 40.2.